The Morgan fingerprint density at radius 3 is 2.20 bits per heavy atom. The number of carbonyl (C=O) groups is 1. The molecule has 2 atom stereocenters. The maximum absolute atomic E-state index is 11.5. The molecule has 0 fully saturated rings. The Hall–Kier alpha value is -1.13. The summed E-state index contributed by atoms with van der Waals surface area (Å²) >= 11 is 0. The molecule has 0 rings (SSSR count). The molecular formula is C10H19NO4. The lowest BCUT2D eigenvalue weighted by Crippen LogP contribution is -2.37. The average molecular weight is 217 g/mol. The van der Waals surface area contributed by atoms with Crippen molar-refractivity contribution in [3.05, 3.63) is 10.1 Å². The van der Waals surface area contributed by atoms with E-state index < -0.39 is 10.8 Å². The molecule has 0 heterocycles. The predicted octanol–water partition coefficient (Wildman–Crippen LogP) is 1.73. The van der Waals surface area contributed by atoms with Gasteiger partial charge in [-0.3, -0.25) is 14.9 Å². The number of nitro groups is 1. The zero-order chi connectivity index (χ0) is 12.2. The summed E-state index contributed by atoms with van der Waals surface area (Å²) in [6.07, 6.45) is 0. The fourth-order valence-corrected chi connectivity index (χ4v) is 1.91. The van der Waals surface area contributed by atoms with Crippen molar-refractivity contribution in [3.8, 4) is 0 Å². The number of hydrogen-bond donors (Lipinski definition) is 0. The van der Waals surface area contributed by atoms with Crippen molar-refractivity contribution in [2.45, 2.75) is 27.7 Å². The maximum atomic E-state index is 11.5. The lowest BCUT2D eigenvalue weighted by Gasteiger charge is -2.31. The van der Waals surface area contributed by atoms with Crippen LogP contribution in [-0.2, 0) is 9.53 Å². The molecule has 0 aromatic rings. The number of nitrogens with zero attached hydrogens (tertiary/aromatic N) is 1. The second-order valence-corrected chi connectivity index (χ2v) is 4.86. The fraction of sp³-hybridized carbons (Fsp3) is 0.900. The Bertz CT molecular complexity index is 244. The van der Waals surface area contributed by atoms with E-state index in [0.29, 0.717) is 0 Å². The quantitative estimate of drug-likeness (QED) is 0.408. The van der Waals surface area contributed by atoms with Crippen LogP contribution < -0.4 is 0 Å². The third kappa shape index (κ3) is 4.27. The van der Waals surface area contributed by atoms with Crippen LogP contribution in [0.2, 0.25) is 0 Å². The Balaban J connectivity index is 4.79. The van der Waals surface area contributed by atoms with E-state index in [2.05, 4.69) is 4.74 Å². The molecule has 0 spiro atoms. The highest BCUT2D eigenvalue weighted by molar-refractivity contribution is 5.73. The first-order chi connectivity index (χ1) is 6.70. The summed E-state index contributed by atoms with van der Waals surface area (Å²) in [6.45, 7) is 7.13. The molecule has 0 N–H and O–H groups in total. The van der Waals surface area contributed by atoms with Gasteiger partial charge in [0, 0.05) is 10.8 Å². The minimum atomic E-state index is -0.451. The minimum absolute atomic E-state index is 0.211. The molecule has 0 saturated carbocycles. The van der Waals surface area contributed by atoms with Gasteiger partial charge in [0.25, 0.3) is 0 Å². The van der Waals surface area contributed by atoms with Crippen LogP contribution in [0.25, 0.3) is 0 Å². The molecular weight excluding hydrogens is 198 g/mol. The molecule has 0 aromatic carbocycles. The SMILES string of the molecule is COC(=O)C(C(C)C[N+](=O)[O-])C(C)(C)C. The molecule has 0 bridgehead atoms. The van der Waals surface area contributed by atoms with Gasteiger partial charge in [0.2, 0.25) is 6.54 Å². The fourth-order valence-electron chi connectivity index (χ4n) is 1.91. The van der Waals surface area contributed by atoms with E-state index in [1.165, 1.54) is 7.11 Å². The van der Waals surface area contributed by atoms with Crippen LogP contribution >= 0.6 is 0 Å². The van der Waals surface area contributed by atoms with Gasteiger partial charge in [-0.05, 0) is 5.41 Å². The minimum Gasteiger partial charge on any atom is -0.469 e. The molecule has 0 amide bonds. The predicted molar refractivity (Wildman–Crippen MR) is 56.0 cm³/mol. The van der Waals surface area contributed by atoms with Crippen molar-refractivity contribution in [2.24, 2.45) is 17.3 Å². The van der Waals surface area contributed by atoms with Crippen LogP contribution in [0.15, 0.2) is 0 Å². The number of ether oxygens (including phenoxy) is 1. The Labute approximate surface area is 90.0 Å². The summed E-state index contributed by atoms with van der Waals surface area (Å²) in [5, 5.41) is 10.4. The van der Waals surface area contributed by atoms with E-state index in [1.807, 2.05) is 20.8 Å². The smallest absolute Gasteiger partial charge is 0.309 e. The highest BCUT2D eigenvalue weighted by Gasteiger charge is 2.38. The number of esters is 1. The van der Waals surface area contributed by atoms with Crippen molar-refractivity contribution in [3.63, 3.8) is 0 Å². The third-order valence-corrected chi connectivity index (χ3v) is 2.39. The van der Waals surface area contributed by atoms with Gasteiger partial charge in [-0.25, -0.2) is 0 Å². The summed E-state index contributed by atoms with van der Waals surface area (Å²) in [6, 6.07) is 0. The Morgan fingerprint density at radius 2 is 1.93 bits per heavy atom. The molecule has 0 aromatic heterocycles. The van der Waals surface area contributed by atoms with Gasteiger partial charge in [-0.15, -0.1) is 0 Å². The van der Waals surface area contributed by atoms with E-state index in [9.17, 15) is 14.9 Å². The molecule has 15 heavy (non-hydrogen) atoms. The van der Waals surface area contributed by atoms with Gasteiger partial charge in [0.15, 0.2) is 0 Å². The van der Waals surface area contributed by atoms with Crippen LogP contribution in [-0.4, -0.2) is 24.5 Å². The number of methoxy groups -OCH3 is 1. The summed E-state index contributed by atoms with van der Waals surface area (Å²) in [7, 11) is 1.31. The largest absolute Gasteiger partial charge is 0.469 e. The highest BCUT2D eigenvalue weighted by Crippen LogP contribution is 2.33. The Kier molecular flexibility index (Phi) is 4.71. The first kappa shape index (κ1) is 13.9. The zero-order valence-corrected chi connectivity index (χ0v) is 9.94. The summed E-state index contributed by atoms with van der Waals surface area (Å²) < 4.78 is 4.68. The third-order valence-electron chi connectivity index (χ3n) is 2.39. The van der Waals surface area contributed by atoms with Crippen LogP contribution in [0.3, 0.4) is 0 Å². The normalized spacial score (nSPS) is 15.5. The van der Waals surface area contributed by atoms with E-state index in [4.69, 9.17) is 0 Å². The van der Waals surface area contributed by atoms with E-state index >= 15 is 0 Å². The topological polar surface area (TPSA) is 69.4 Å². The van der Waals surface area contributed by atoms with Crippen LogP contribution in [0.5, 0.6) is 0 Å². The van der Waals surface area contributed by atoms with E-state index in [-0.39, 0.29) is 23.8 Å². The molecule has 0 saturated heterocycles. The summed E-state index contributed by atoms with van der Waals surface area (Å²) in [5.74, 6) is -1.16. The number of rotatable bonds is 4. The number of carbonyl (C=O) groups excluding carboxylic acids is 1. The number of hydrogen-bond acceptors (Lipinski definition) is 4. The molecule has 5 nitrogen and oxygen atoms in total. The second kappa shape index (κ2) is 5.09. The lowest BCUT2D eigenvalue weighted by molar-refractivity contribution is -0.489. The van der Waals surface area contributed by atoms with Gasteiger partial charge in [-0.1, -0.05) is 27.7 Å². The maximum Gasteiger partial charge on any atom is 0.309 e. The molecule has 2 unspecified atom stereocenters. The highest BCUT2D eigenvalue weighted by atomic mass is 16.6. The molecule has 0 radical (unpaired) electrons. The van der Waals surface area contributed by atoms with E-state index in [1.54, 1.807) is 6.92 Å². The molecule has 88 valence electrons. The van der Waals surface area contributed by atoms with Gasteiger partial charge >= 0.3 is 5.97 Å². The first-order valence-corrected chi connectivity index (χ1v) is 4.89. The van der Waals surface area contributed by atoms with Crippen molar-refractivity contribution in [1.29, 1.82) is 0 Å². The van der Waals surface area contributed by atoms with Crippen LogP contribution in [0.1, 0.15) is 27.7 Å². The van der Waals surface area contributed by atoms with E-state index in [0.717, 1.165) is 0 Å². The average Bonchev–Trinajstić information content (AvgIpc) is 1.99. The van der Waals surface area contributed by atoms with Gasteiger partial charge < -0.3 is 4.74 Å². The first-order valence-electron chi connectivity index (χ1n) is 4.89. The van der Waals surface area contributed by atoms with Crippen molar-refractivity contribution in [1.82, 2.24) is 0 Å². The van der Waals surface area contributed by atoms with Gasteiger partial charge in [0.1, 0.15) is 0 Å². The van der Waals surface area contributed by atoms with Gasteiger partial charge in [-0.2, -0.15) is 0 Å². The van der Waals surface area contributed by atoms with Crippen molar-refractivity contribution >= 4 is 5.97 Å². The van der Waals surface area contributed by atoms with Crippen LogP contribution in [0, 0.1) is 27.4 Å². The lowest BCUT2D eigenvalue weighted by atomic mass is 9.73. The zero-order valence-electron chi connectivity index (χ0n) is 9.94. The molecule has 5 heteroatoms. The standard InChI is InChI=1S/C10H19NO4/c1-7(6-11(13)14)8(9(12)15-5)10(2,3)4/h7-8H,6H2,1-5H3. The van der Waals surface area contributed by atoms with Crippen molar-refractivity contribution < 1.29 is 14.5 Å². The molecule has 0 aliphatic carbocycles. The summed E-state index contributed by atoms with van der Waals surface area (Å²) in [4.78, 5) is 21.5. The van der Waals surface area contributed by atoms with Crippen LogP contribution in [0.4, 0.5) is 0 Å². The van der Waals surface area contributed by atoms with Gasteiger partial charge in [0.05, 0.1) is 13.0 Å². The summed E-state index contributed by atoms with van der Waals surface area (Å²) in [5.41, 5.74) is -0.331. The molecule has 0 aliphatic heterocycles. The second-order valence-electron chi connectivity index (χ2n) is 4.86. The van der Waals surface area contributed by atoms with Crippen molar-refractivity contribution in [2.75, 3.05) is 13.7 Å². The monoisotopic (exact) mass is 217 g/mol. The molecule has 0 aliphatic rings. The Morgan fingerprint density at radius 1 is 1.47 bits per heavy atom.